The molecule has 0 atom stereocenters. The highest BCUT2D eigenvalue weighted by atomic mass is 16.1. The Hall–Kier alpha value is -1.04. The van der Waals surface area contributed by atoms with Crippen molar-refractivity contribution in [2.24, 2.45) is 5.73 Å². The van der Waals surface area contributed by atoms with Crippen molar-refractivity contribution in [2.75, 3.05) is 0 Å². The third-order valence-corrected chi connectivity index (χ3v) is 2.46. The van der Waals surface area contributed by atoms with Gasteiger partial charge >= 0.3 is 0 Å². The highest BCUT2D eigenvalue weighted by Crippen LogP contribution is 2.10. The van der Waals surface area contributed by atoms with Crippen LogP contribution >= 0.6 is 0 Å². The molecule has 0 rings (SSSR count). The molecular formula is C12H22N2O. The largest absolute Gasteiger partial charge is 0.370 e. The van der Waals surface area contributed by atoms with E-state index in [-0.39, 0.29) is 5.91 Å². The van der Waals surface area contributed by atoms with E-state index in [0.717, 1.165) is 19.3 Å². The normalized spacial score (nSPS) is 9.80. The van der Waals surface area contributed by atoms with Gasteiger partial charge < -0.3 is 5.73 Å². The smallest absolute Gasteiger partial charge is 0.217 e. The van der Waals surface area contributed by atoms with E-state index in [1.165, 1.54) is 32.1 Å². The maximum Gasteiger partial charge on any atom is 0.217 e. The number of rotatable bonds is 10. The quantitative estimate of drug-likeness (QED) is 0.563. The molecule has 0 saturated carbocycles. The van der Waals surface area contributed by atoms with Gasteiger partial charge in [0.1, 0.15) is 0 Å². The van der Waals surface area contributed by atoms with E-state index in [4.69, 9.17) is 11.0 Å². The van der Waals surface area contributed by atoms with E-state index in [0.29, 0.717) is 12.8 Å². The fraction of sp³-hybridized carbons (Fsp3) is 0.833. The predicted molar refractivity (Wildman–Crippen MR) is 61.0 cm³/mol. The summed E-state index contributed by atoms with van der Waals surface area (Å²) >= 11 is 0. The number of unbranched alkanes of at least 4 members (excludes halogenated alkanes) is 8. The Kier molecular flexibility index (Phi) is 10.3. The summed E-state index contributed by atoms with van der Waals surface area (Å²) in [6, 6.07) is 2.15. The number of nitriles is 1. The first-order valence-electron chi connectivity index (χ1n) is 5.92. The highest BCUT2D eigenvalue weighted by molar-refractivity contribution is 5.73. The fourth-order valence-electron chi connectivity index (χ4n) is 1.56. The van der Waals surface area contributed by atoms with Gasteiger partial charge in [0.2, 0.25) is 5.91 Å². The Morgan fingerprint density at radius 3 is 1.87 bits per heavy atom. The summed E-state index contributed by atoms with van der Waals surface area (Å²) in [6.07, 6.45) is 10.4. The van der Waals surface area contributed by atoms with Gasteiger partial charge in [0.25, 0.3) is 0 Å². The summed E-state index contributed by atoms with van der Waals surface area (Å²) in [7, 11) is 0. The lowest BCUT2D eigenvalue weighted by atomic mass is 10.1. The molecule has 0 spiro atoms. The van der Waals surface area contributed by atoms with Crippen LogP contribution in [-0.2, 0) is 4.79 Å². The van der Waals surface area contributed by atoms with E-state index >= 15 is 0 Å². The van der Waals surface area contributed by atoms with Crippen molar-refractivity contribution in [1.29, 1.82) is 5.26 Å². The lowest BCUT2D eigenvalue weighted by Crippen LogP contribution is -2.09. The van der Waals surface area contributed by atoms with Crippen LogP contribution in [-0.4, -0.2) is 5.91 Å². The van der Waals surface area contributed by atoms with Gasteiger partial charge in [-0.05, 0) is 12.8 Å². The van der Waals surface area contributed by atoms with Crippen LogP contribution in [0.15, 0.2) is 0 Å². The zero-order valence-corrected chi connectivity index (χ0v) is 9.50. The van der Waals surface area contributed by atoms with Gasteiger partial charge in [-0.3, -0.25) is 4.79 Å². The molecule has 0 fully saturated rings. The van der Waals surface area contributed by atoms with Gasteiger partial charge in [0.05, 0.1) is 6.07 Å². The van der Waals surface area contributed by atoms with Gasteiger partial charge in [-0.1, -0.05) is 38.5 Å². The van der Waals surface area contributed by atoms with Gasteiger partial charge in [-0.2, -0.15) is 5.26 Å². The van der Waals surface area contributed by atoms with Crippen LogP contribution in [0, 0.1) is 11.3 Å². The van der Waals surface area contributed by atoms with Crippen LogP contribution < -0.4 is 5.73 Å². The molecule has 0 unspecified atom stereocenters. The third kappa shape index (κ3) is 13.0. The first kappa shape index (κ1) is 14.0. The van der Waals surface area contributed by atoms with Crippen LogP contribution in [0.3, 0.4) is 0 Å². The number of primary amides is 1. The maximum atomic E-state index is 10.4. The number of carbonyl (C=O) groups is 1. The minimum atomic E-state index is -0.188. The fourth-order valence-corrected chi connectivity index (χ4v) is 1.56. The summed E-state index contributed by atoms with van der Waals surface area (Å²) in [5.41, 5.74) is 5.04. The second-order valence-corrected chi connectivity index (χ2v) is 3.95. The monoisotopic (exact) mass is 210 g/mol. The molecule has 2 N–H and O–H groups in total. The van der Waals surface area contributed by atoms with E-state index < -0.39 is 0 Å². The molecule has 0 bridgehead atoms. The SMILES string of the molecule is N#CCCCCCCCCCCC(N)=O. The van der Waals surface area contributed by atoms with Crippen LogP contribution in [0.1, 0.15) is 64.2 Å². The Morgan fingerprint density at radius 2 is 1.40 bits per heavy atom. The van der Waals surface area contributed by atoms with E-state index in [9.17, 15) is 4.79 Å². The van der Waals surface area contributed by atoms with Crippen molar-refractivity contribution >= 4 is 5.91 Å². The lowest BCUT2D eigenvalue weighted by Gasteiger charge is -2.00. The number of hydrogen-bond donors (Lipinski definition) is 1. The molecule has 1 amide bonds. The molecule has 0 saturated heterocycles. The second kappa shape index (κ2) is 11.0. The highest BCUT2D eigenvalue weighted by Gasteiger charge is 1.95. The van der Waals surface area contributed by atoms with E-state index in [2.05, 4.69) is 6.07 Å². The zero-order chi connectivity index (χ0) is 11.4. The molecule has 0 aliphatic heterocycles. The molecule has 0 aromatic carbocycles. The Bertz CT molecular complexity index is 196. The molecule has 0 aromatic heterocycles. The predicted octanol–water partition coefficient (Wildman–Crippen LogP) is 2.90. The summed E-state index contributed by atoms with van der Waals surface area (Å²) in [4.78, 5) is 10.4. The summed E-state index contributed by atoms with van der Waals surface area (Å²) < 4.78 is 0. The van der Waals surface area contributed by atoms with E-state index in [1.807, 2.05) is 0 Å². The second-order valence-electron chi connectivity index (χ2n) is 3.95. The average Bonchev–Trinajstić information content (AvgIpc) is 2.20. The van der Waals surface area contributed by atoms with Gasteiger partial charge in [-0.25, -0.2) is 0 Å². The number of hydrogen-bond acceptors (Lipinski definition) is 2. The molecule has 3 nitrogen and oxygen atoms in total. The molecule has 0 aliphatic rings. The maximum absolute atomic E-state index is 10.4. The van der Waals surface area contributed by atoms with Crippen molar-refractivity contribution < 1.29 is 4.79 Å². The average molecular weight is 210 g/mol. The number of nitrogens with two attached hydrogens (primary N) is 1. The van der Waals surface area contributed by atoms with Crippen molar-refractivity contribution in [2.45, 2.75) is 64.2 Å². The Balaban J connectivity index is 2.93. The molecule has 0 aliphatic carbocycles. The van der Waals surface area contributed by atoms with Crippen LogP contribution in [0.25, 0.3) is 0 Å². The van der Waals surface area contributed by atoms with Gasteiger partial charge in [0.15, 0.2) is 0 Å². The molecule has 0 radical (unpaired) electrons. The van der Waals surface area contributed by atoms with Crippen molar-refractivity contribution in [1.82, 2.24) is 0 Å². The third-order valence-electron chi connectivity index (χ3n) is 2.46. The molecule has 86 valence electrons. The van der Waals surface area contributed by atoms with Crippen LogP contribution in [0.4, 0.5) is 0 Å². The lowest BCUT2D eigenvalue weighted by molar-refractivity contribution is -0.118. The van der Waals surface area contributed by atoms with Gasteiger partial charge in [0, 0.05) is 12.8 Å². The zero-order valence-electron chi connectivity index (χ0n) is 9.50. The Morgan fingerprint density at radius 1 is 0.933 bits per heavy atom. The van der Waals surface area contributed by atoms with E-state index in [1.54, 1.807) is 0 Å². The van der Waals surface area contributed by atoms with Gasteiger partial charge in [-0.15, -0.1) is 0 Å². The minimum Gasteiger partial charge on any atom is -0.370 e. The first-order valence-corrected chi connectivity index (χ1v) is 5.92. The number of nitrogens with zero attached hydrogens (tertiary/aromatic N) is 1. The molecular weight excluding hydrogens is 188 g/mol. The first-order chi connectivity index (χ1) is 7.27. The standard InChI is InChI=1S/C12H22N2O/c13-11-9-7-5-3-1-2-4-6-8-10-12(14)15/h1-10H2,(H2,14,15). The molecule has 15 heavy (non-hydrogen) atoms. The van der Waals surface area contributed by atoms with Crippen molar-refractivity contribution in [3.8, 4) is 6.07 Å². The Labute approximate surface area is 92.6 Å². The summed E-state index contributed by atoms with van der Waals surface area (Å²) in [5, 5.41) is 8.32. The number of amides is 1. The topological polar surface area (TPSA) is 66.9 Å². The molecule has 0 aromatic rings. The molecule has 0 heterocycles. The van der Waals surface area contributed by atoms with Crippen LogP contribution in [0.2, 0.25) is 0 Å². The molecule has 3 heteroatoms. The van der Waals surface area contributed by atoms with Crippen molar-refractivity contribution in [3.63, 3.8) is 0 Å². The van der Waals surface area contributed by atoms with Crippen LogP contribution in [0.5, 0.6) is 0 Å². The summed E-state index contributed by atoms with van der Waals surface area (Å²) in [5.74, 6) is -0.188. The summed E-state index contributed by atoms with van der Waals surface area (Å²) in [6.45, 7) is 0. The number of carbonyl (C=O) groups excluding carboxylic acids is 1. The minimum absolute atomic E-state index is 0.188. The van der Waals surface area contributed by atoms with Crippen molar-refractivity contribution in [3.05, 3.63) is 0 Å².